The van der Waals surface area contributed by atoms with Gasteiger partial charge in [0.05, 0.1) is 24.4 Å². The fourth-order valence-electron chi connectivity index (χ4n) is 1.40. The molecule has 0 aliphatic rings. The highest BCUT2D eigenvalue weighted by Gasteiger charge is 2.10. The summed E-state index contributed by atoms with van der Waals surface area (Å²) in [6.45, 7) is 2.22. The van der Waals surface area contributed by atoms with Crippen LogP contribution < -0.4 is 20.7 Å². The van der Waals surface area contributed by atoms with Crippen LogP contribution in [0.5, 0.6) is 5.75 Å². The maximum Gasteiger partial charge on any atom is 0.319 e. The average Bonchev–Trinajstić information content (AvgIpc) is 2.37. The van der Waals surface area contributed by atoms with Gasteiger partial charge in [-0.1, -0.05) is 17.7 Å². The van der Waals surface area contributed by atoms with Gasteiger partial charge < -0.3 is 20.7 Å². The number of hydrogen-bond acceptors (Lipinski definition) is 3. The van der Waals surface area contributed by atoms with Crippen molar-refractivity contribution in [1.82, 2.24) is 10.6 Å². The highest BCUT2D eigenvalue weighted by Crippen LogP contribution is 2.32. The van der Waals surface area contributed by atoms with Crippen molar-refractivity contribution in [2.24, 2.45) is 0 Å². The number of benzene rings is 1. The number of anilines is 1. The van der Waals surface area contributed by atoms with E-state index in [4.69, 9.17) is 16.3 Å². The molecule has 0 spiro atoms. The molecule has 7 heteroatoms. The lowest BCUT2D eigenvalue weighted by molar-refractivity contribution is -0.119. The fourth-order valence-corrected chi connectivity index (χ4v) is 1.65. The van der Waals surface area contributed by atoms with E-state index in [2.05, 4.69) is 16.0 Å². The SMILES string of the molecule is CCNC(=O)CNC(=O)Nc1cccc(Cl)c1OC. The van der Waals surface area contributed by atoms with Crippen LogP contribution in [-0.2, 0) is 4.79 Å². The molecule has 1 aromatic carbocycles. The third-order valence-electron chi connectivity index (χ3n) is 2.20. The number of hydrogen-bond donors (Lipinski definition) is 3. The molecule has 19 heavy (non-hydrogen) atoms. The largest absolute Gasteiger partial charge is 0.493 e. The summed E-state index contributed by atoms with van der Waals surface area (Å²) < 4.78 is 5.09. The number of amides is 3. The number of para-hydroxylation sites is 1. The van der Waals surface area contributed by atoms with Gasteiger partial charge in [0.25, 0.3) is 0 Å². The Hall–Kier alpha value is -1.95. The molecule has 0 fully saturated rings. The Morgan fingerprint density at radius 3 is 2.68 bits per heavy atom. The van der Waals surface area contributed by atoms with E-state index in [1.54, 1.807) is 25.1 Å². The number of likely N-dealkylation sites (N-methyl/N-ethyl adjacent to an activating group) is 1. The molecule has 0 bridgehead atoms. The van der Waals surface area contributed by atoms with Crippen LogP contribution in [0.15, 0.2) is 18.2 Å². The van der Waals surface area contributed by atoms with E-state index in [0.717, 1.165) is 0 Å². The van der Waals surface area contributed by atoms with Crippen LogP contribution in [0.1, 0.15) is 6.92 Å². The van der Waals surface area contributed by atoms with Gasteiger partial charge >= 0.3 is 6.03 Å². The van der Waals surface area contributed by atoms with Gasteiger partial charge in [0.2, 0.25) is 5.91 Å². The quantitative estimate of drug-likeness (QED) is 0.769. The van der Waals surface area contributed by atoms with Crippen LogP contribution in [0, 0.1) is 0 Å². The van der Waals surface area contributed by atoms with Gasteiger partial charge in [-0.05, 0) is 19.1 Å². The molecule has 0 saturated heterocycles. The van der Waals surface area contributed by atoms with Crippen molar-refractivity contribution < 1.29 is 14.3 Å². The Labute approximate surface area is 116 Å². The number of rotatable bonds is 5. The van der Waals surface area contributed by atoms with Crippen molar-refractivity contribution >= 4 is 29.2 Å². The molecule has 0 saturated carbocycles. The van der Waals surface area contributed by atoms with Crippen LogP contribution in [0.2, 0.25) is 5.02 Å². The zero-order valence-corrected chi connectivity index (χ0v) is 11.5. The summed E-state index contributed by atoms with van der Waals surface area (Å²) in [5.41, 5.74) is 0.434. The second-order valence-corrected chi connectivity index (χ2v) is 3.99. The van der Waals surface area contributed by atoms with E-state index >= 15 is 0 Å². The zero-order valence-electron chi connectivity index (χ0n) is 10.7. The summed E-state index contributed by atoms with van der Waals surface area (Å²) in [7, 11) is 1.46. The van der Waals surface area contributed by atoms with E-state index in [0.29, 0.717) is 23.0 Å². The average molecular weight is 286 g/mol. The topological polar surface area (TPSA) is 79.5 Å². The molecule has 1 aromatic rings. The van der Waals surface area contributed by atoms with Crippen molar-refractivity contribution in [3.63, 3.8) is 0 Å². The zero-order chi connectivity index (χ0) is 14.3. The summed E-state index contributed by atoms with van der Waals surface area (Å²) in [4.78, 5) is 22.8. The maximum absolute atomic E-state index is 11.6. The molecule has 3 N–H and O–H groups in total. The van der Waals surface area contributed by atoms with Gasteiger partial charge in [-0.25, -0.2) is 4.79 Å². The number of urea groups is 1. The predicted octanol–water partition coefficient (Wildman–Crippen LogP) is 1.61. The van der Waals surface area contributed by atoms with Gasteiger partial charge in [0, 0.05) is 6.54 Å². The molecule has 0 heterocycles. The molecular formula is C12H16ClN3O3. The predicted molar refractivity (Wildman–Crippen MR) is 73.7 cm³/mol. The highest BCUT2D eigenvalue weighted by molar-refractivity contribution is 6.32. The Kier molecular flexibility index (Phi) is 5.95. The molecular weight excluding hydrogens is 270 g/mol. The Bertz CT molecular complexity index is 466. The molecule has 0 radical (unpaired) electrons. The van der Waals surface area contributed by atoms with E-state index in [1.807, 2.05) is 0 Å². The number of halogens is 1. The van der Waals surface area contributed by atoms with Gasteiger partial charge in [-0.2, -0.15) is 0 Å². The third-order valence-corrected chi connectivity index (χ3v) is 2.50. The van der Waals surface area contributed by atoms with Crippen LogP contribution in [-0.4, -0.2) is 32.1 Å². The van der Waals surface area contributed by atoms with Crippen molar-refractivity contribution in [2.45, 2.75) is 6.92 Å². The molecule has 1 rings (SSSR count). The normalized spacial score (nSPS) is 9.63. The second kappa shape index (κ2) is 7.48. The Morgan fingerprint density at radius 1 is 1.32 bits per heavy atom. The lowest BCUT2D eigenvalue weighted by atomic mass is 10.3. The minimum absolute atomic E-state index is 0.0947. The summed E-state index contributed by atoms with van der Waals surface area (Å²) >= 11 is 5.92. The van der Waals surface area contributed by atoms with Crippen LogP contribution in [0.25, 0.3) is 0 Å². The van der Waals surface area contributed by atoms with E-state index < -0.39 is 6.03 Å². The van der Waals surface area contributed by atoms with E-state index in [9.17, 15) is 9.59 Å². The number of nitrogens with one attached hydrogen (secondary N) is 3. The molecule has 0 aliphatic heterocycles. The molecule has 0 aromatic heterocycles. The summed E-state index contributed by atoms with van der Waals surface area (Å²) in [6, 6.07) is 4.48. The number of carbonyl (C=O) groups is 2. The molecule has 104 valence electrons. The first-order valence-electron chi connectivity index (χ1n) is 5.72. The summed E-state index contributed by atoms with van der Waals surface area (Å²) in [5, 5.41) is 7.95. The first-order valence-corrected chi connectivity index (χ1v) is 6.10. The van der Waals surface area contributed by atoms with Crippen molar-refractivity contribution in [2.75, 3.05) is 25.5 Å². The Morgan fingerprint density at radius 2 is 2.05 bits per heavy atom. The third kappa shape index (κ3) is 4.67. The minimum atomic E-state index is -0.508. The van der Waals surface area contributed by atoms with Gasteiger partial charge in [0.1, 0.15) is 0 Å². The van der Waals surface area contributed by atoms with Gasteiger partial charge in [-0.15, -0.1) is 0 Å². The molecule has 0 aliphatic carbocycles. The van der Waals surface area contributed by atoms with E-state index in [-0.39, 0.29) is 12.5 Å². The van der Waals surface area contributed by atoms with E-state index in [1.165, 1.54) is 7.11 Å². The number of methoxy groups -OCH3 is 1. The summed E-state index contributed by atoms with van der Waals surface area (Å²) in [5.74, 6) is 0.119. The molecule has 3 amide bonds. The van der Waals surface area contributed by atoms with Gasteiger partial charge in [-0.3, -0.25) is 4.79 Å². The van der Waals surface area contributed by atoms with Crippen LogP contribution >= 0.6 is 11.6 Å². The van der Waals surface area contributed by atoms with Gasteiger partial charge in [0.15, 0.2) is 5.75 Å². The molecule has 6 nitrogen and oxygen atoms in total. The number of carbonyl (C=O) groups excluding carboxylic acids is 2. The van der Waals surface area contributed by atoms with Crippen molar-refractivity contribution in [3.05, 3.63) is 23.2 Å². The monoisotopic (exact) mass is 285 g/mol. The maximum atomic E-state index is 11.6. The number of ether oxygens (including phenoxy) is 1. The molecule has 0 atom stereocenters. The minimum Gasteiger partial charge on any atom is -0.493 e. The molecule has 0 unspecified atom stereocenters. The van der Waals surface area contributed by atoms with Crippen molar-refractivity contribution in [1.29, 1.82) is 0 Å². The standard InChI is InChI=1S/C12H16ClN3O3/c1-3-14-10(17)7-15-12(18)16-9-6-4-5-8(13)11(9)19-2/h4-6H,3,7H2,1-2H3,(H,14,17)(H2,15,16,18). The highest BCUT2D eigenvalue weighted by atomic mass is 35.5. The van der Waals surface area contributed by atoms with Crippen LogP contribution in [0.4, 0.5) is 10.5 Å². The second-order valence-electron chi connectivity index (χ2n) is 3.58. The first-order chi connectivity index (χ1) is 9.08. The smallest absolute Gasteiger partial charge is 0.319 e. The Balaban J connectivity index is 2.58. The lowest BCUT2D eigenvalue weighted by Crippen LogP contribution is -2.38. The lowest BCUT2D eigenvalue weighted by Gasteiger charge is -2.12. The fraction of sp³-hybridized carbons (Fsp3) is 0.333. The summed E-state index contributed by atoms with van der Waals surface area (Å²) in [6.07, 6.45) is 0. The first kappa shape index (κ1) is 15.1. The van der Waals surface area contributed by atoms with Crippen molar-refractivity contribution in [3.8, 4) is 5.75 Å². The van der Waals surface area contributed by atoms with Crippen LogP contribution in [0.3, 0.4) is 0 Å².